The molecule has 0 spiro atoms. The molecule has 0 fully saturated rings. The van der Waals surface area contributed by atoms with Gasteiger partial charge in [-0.25, -0.2) is 4.39 Å². The zero-order valence-electron chi connectivity index (χ0n) is 13.8. The van der Waals surface area contributed by atoms with Gasteiger partial charge in [-0.2, -0.15) is 5.10 Å². The van der Waals surface area contributed by atoms with Crippen LogP contribution >= 0.6 is 0 Å². The van der Waals surface area contributed by atoms with Crippen LogP contribution < -0.4 is 14.9 Å². The standard InChI is InChI=1S/C18H21FN2O2/c1-12-5-7-16(19)15(9-12)13(2)21-20-11-14-6-8-17(22-3)18(10-14)23-4/h5-10,20H,11H2,1-4H3/b21-13-. The third-order valence-corrected chi connectivity index (χ3v) is 3.49. The number of rotatable bonds is 6. The zero-order chi connectivity index (χ0) is 16.8. The lowest BCUT2D eigenvalue weighted by molar-refractivity contribution is 0.354. The third-order valence-electron chi connectivity index (χ3n) is 3.49. The molecule has 0 bridgehead atoms. The summed E-state index contributed by atoms with van der Waals surface area (Å²) in [7, 11) is 3.19. The second kappa shape index (κ2) is 7.63. The summed E-state index contributed by atoms with van der Waals surface area (Å²) in [5.74, 6) is 1.07. The number of benzene rings is 2. The van der Waals surface area contributed by atoms with Crippen molar-refractivity contribution in [2.75, 3.05) is 14.2 Å². The minimum Gasteiger partial charge on any atom is -0.493 e. The summed E-state index contributed by atoms with van der Waals surface area (Å²) < 4.78 is 24.3. The van der Waals surface area contributed by atoms with Crippen molar-refractivity contribution in [3.05, 3.63) is 58.9 Å². The van der Waals surface area contributed by atoms with Gasteiger partial charge >= 0.3 is 0 Å². The summed E-state index contributed by atoms with van der Waals surface area (Å²) in [6, 6.07) is 10.6. The Bertz CT molecular complexity index is 714. The average Bonchev–Trinajstić information content (AvgIpc) is 2.56. The number of aryl methyl sites for hydroxylation is 1. The van der Waals surface area contributed by atoms with E-state index in [1.54, 1.807) is 33.3 Å². The molecule has 0 aromatic heterocycles. The van der Waals surface area contributed by atoms with Crippen LogP contribution in [0.2, 0.25) is 0 Å². The van der Waals surface area contributed by atoms with Gasteiger partial charge in [0.2, 0.25) is 0 Å². The highest BCUT2D eigenvalue weighted by molar-refractivity contribution is 5.98. The van der Waals surface area contributed by atoms with Crippen molar-refractivity contribution < 1.29 is 13.9 Å². The molecule has 0 aliphatic carbocycles. The lowest BCUT2D eigenvalue weighted by Gasteiger charge is -2.10. The molecule has 2 rings (SSSR count). The highest BCUT2D eigenvalue weighted by atomic mass is 19.1. The Morgan fingerprint density at radius 2 is 1.83 bits per heavy atom. The van der Waals surface area contributed by atoms with E-state index in [0.29, 0.717) is 29.3 Å². The molecule has 0 saturated carbocycles. The van der Waals surface area contributed by atoms with E-state index in [0.717, 1.165) is 11.1 Å². The second-order valence-corrected chi connectivity index (χ2v) is 5.20. The lowest BCUT2D eigenvalue weighted by Crippen LogP contribution is -2.10. The first-order chi connectivity index (χ1) is 11.0. The summed E-state index contributed by atoms with van der Waals surface area (Å²) >= 11 is 0. The molecule has 23 heavy (non-hydrogen) atoms. The van der Waals surface area contributed by atoms with Gasteiger partial charge < -0.3 is 14.9 Å². The molecule has 0 unspecified atom stereocenters. The summed E-state index contributed by atoms with van der Waals surface area (Å²) in [5, 5.41) is 4.24. The Kier molecular flexibility index (Phi) is 5.57. The Labute approximate surface area is 135 Å². The number of hydrogen-bond acceptors (Lipinski definition) is 4. The van der Waals surface area contributed by atoms with Crippen molar-refractivity contribution in [1.29, 1.82) is 0 Å². The minimum atomic E-state index is -0.273. The Balaban J connectivity index is 2.07. The number of hydrazone groups is 1. The van der Waals surface area contributed by atoms with Gasteiger partial charge in [-0.3, -0.25) is 0 Å². The predicted molar refractivity (Wildman–Crippen MR) is 89.7 cm³/mol. The first-order valence-electron chi connectivity index (χ1n) is 7.29. The molecule has 0 amide bonds. The smallest absolute Gasteiger partial charge is 0.161 e. The highest BCUT2D eigenvalue weighted by Gasteiger charge is 2.06. The normalized spacial score (nSPS) is 11.3. The molecule has 5 heteroatoms. The van der Waals surface area contributed by atoms with Crippen LogP contribution in [-0.2, 0) is 6.54 Å². The number of nitrogens with one attached hydrogen (secondary N) is 1. The SMILES string of the molecule is COc1ccc(CN/N=C(/C)c2cc(C)ccc2F)cc1OC. The summed E-state index contributed by atoms with van der Waals surface area (Å²) in [6.07, 6.45) is 0. The van der Waals surface area contributed by atoms with Crippen molar-refractivity contribution in [3.8, 4) is 11.5 Å². The van der Waals surface area contributed by atoms with Crippen molar-refractivity contribution in [2.45, 2.75) is 20.4 Å². The van der Waals surface area contributed by atoms with E-state index in [2.05, 4.69) is 10.5 Å². The molecule has 1 N–H and O–H groups in total. The van der Waals surface area contributed by atoms with Crippen molar-refractivity contribution >= 4 is 5.71 Å². The third kappa shape index (κ3) is 4.22. The largest absolute Gasteiger partial charge is 0.493 e. The van der Waals surface area contributed by atoms with E-state index in [1.807, 2.05) is 25.1 Å². The first kappa shape index (κ1) is 16.8. The lowest BCUT2D eigenvalue weighted by atomic mass is 10.1. The summed E-state index contributed by atoms with van der Waals surface area (Å²) in [4.78, 5) is 0. The van der Waals surface area contributed by atoms with Gasteiger partial charge in [0.15, 0.2) is 11.5 Å². The van der Waals surface area contributed by atoms with Crippen LogP contribution in [0.15, 0.2) is 41.5 Å². The van der Waals surface area contributed by atoms with E-state index >= 15 is 0 Å². The topological polar surface area (TPSA) is 42.8 Å². The molecule has 4 nitrogen and oxygen atoms in total. The monoisotopic (exact) mass is 316 g/mol. The summed E-state index contributed by atoms with van der Waals surface area (Å²) in [6.45, 7) is 4.21. The van der Waals surface area contributed by atoms with Gasteiger partial charge in [0.05, 0.1) is 26.5 Å². The number of halogens is 1. The fourth-order valence-electron chi connectivity index (χ4n) is 2.22. The first-order valence-corrected chi connectivity index (χ1v) is 7.29. The molecular weight excluding hydrogens is 295 g/mol. The van der Waals surface area contributed by atoms with Crippen LogP contribution in [0.1, 0.15) is 23.6 Å². The van der Waals surface area contributed by atoms with E-state index in [-0.39, 0.29) is 5.82 Å². The number of methoxy groups -OCH3 is 2. The second-order valence-electron chi connectivity index (χ2n) is 5.20. The van der Waals surface area contributed by atoms with Crippen LogP contribution in [0.4, 0.5) is 4.39 Å². The molecule has 0 heterocycles. The Hall–Kier alpha value is -2.56. The zero-order valence-corrected chi connectivity index (χ0v) is 13.8. The molecule has 2 aromatic rings. The average molecular weight is 316 g/mol. The number of ether oxygens (including phenoxy) is 2. The molecule has 2 aromatic carbocycles. The highest BCUT2D eigenvalue weighted by Crippen LogP contribution is 2.27. The van der Waals surface area contributed by atoms with Crippen LogP contribution in [-0.4, -0.2) is 19.9 Å². The van der Waals surface area contributed by atoms with Gasteiger partial charge in [0.1, 0.15) is 5.82 Å². The molecule has 0 aliphatic heterocycles. The van der Waals surface area contributed by atoms with Crippen LogP contribution in [0.5, 0.6) is 11.5 Å². The van der Waals surface area contributed by atoms with Crippen LogP contribution in [0, 0.1) is 12.7 Å². The molecule has 0 radical (unpaired) electrons. The Morgan fingerprint density at radius 1 is 1.09 bits per heavy atom. The molecule has 122 valence electrons. The van der Waals surface area contributed by atoms with Crippen molar-refractivity contribution in [3.63, 3.8) is 0 Å². The number of nitrogens with zero attached hydrogens (tertiary/aromatic N) is 1. The van der Waals surface area contributed by atoms with Gasteiger partial charge in [-0.05, 0) is 43.7 Å². The van der Waals surface area contributed by atoms with Gasteiger partial charge in [0.25, 0.3) is 0 Å². The van der Waals surface area contributed by atoms with Gasteiger partial charge in [-0.1, -0.05) is 17.7 Å². The molecule has 0 atom stereocenters. The van der Waals surface area contributed by atoms with Crippen molar-refractivity contribution in [2.24, 2.45) is 5.10 Å². The fraction of sp³-hybridized carbons (Fsp3) is 0.278. The molecule has 0 saturated heterocycles. The summed E-state index contributed by atoms with van der Waals surface area (Å²) in [5.41, 5.74) is 6.05. The van der Waals surface area contributed by atoms with Crippen molar-refractivity contribution in [1.82, 2.24) is 5.43 Å². The Morgan fingerprint density at radius 3 is 2.52 bits per heavy atom. The minimum absolute atomic E-state index is 0.273. The van der Waals surface area contributed by atoms with E-state index < -0.39 is 0 Å². The van der Waals surface area contributed by atoms with Crippen LogP contribution in [0.25, 0.3) is 0 Å². The van der Waals surface area contributed by atoms with Gasteiger partial charge in [0, 0.05) is 5.56 Å². The van der Waals surface area contributed by atoms with E-state index in [9.17, 15) is 4.39 Å². The maximum Gasteiger partial charge on any atom is 0.161 e. The maximum atomic E-state index is 13.8. The maximum absolute atomic E-state index is 13.8. The fourth-order valence-corrected chi connectivity index (χ4v) is 2.22. The molecule has 0 aliphatic rings. The predicted octanol–water partition coefficient (Wildman–Crippen LogP) is 3.67. The molecular formula is C18H21FN2O2. The quantitative estimate of drug-likeness (QED) is 0.653. The van der Waals surface area contributed by atoms with E-state index in [1.165, 1.54) is 6.07 Å². The van der Waals surface area contributed by atoms with E-state index in [4.69, 9.17) is 9.47 Å². The van der Waals surface area contributed by atoms with Gasteiger partial charge in [-0.15, -0.1) is 0 Å². The van der Waals surface area contributed by atoms with Crippen LogP contribution in [0.3, 0.4) is 0 Å². The number of hydrogen-bond donors (Lipinski definition) is 1.